The number of carbonyl (C=O) groups excluding carboxylic acids is 6. The van der Waals surface area contributed by atoms with Crippen molar-refractivity contribution in [3.05, 3.63) is 113 Å². The zero-order valence-electron chi connectivity index (χ0n) is 55.0. The molecule has 2 aliphatic heterocycles. The van der Waals surface area contributed by atoms with E-state index in [1.807, 2.05) is 0 Å². The Morgan fingerprint density at radius 2 is 1.68 bits per heavy atom. The van der Waals surface area contributed by atoms with Gasteiger partial charge in [-0.2, -0.15) is 4.98 Å². The monoisotopic (exact) mass is 1400 g/mol. The number of benzene rings is 2. The molecule has 528 valence electrons. The van der Waals surface area contributed by atoms with Crippen LogP contribution >= 0.6 is 16.5 Å². The molecule has 31 nitrogen and oxygen atoms in total. The van der Waals surface area contributed by atoms with Crippen molar-refractivity contribution in [3.63, 3.8) is 0 Å². The normalized spacial score (nSPS) is 24.8. The van der Waals surface area contributed by atoms with Crippen LogP contribution in [0.15, 0.2) is 90.9 Å². The van der Waals surface area contributed by atoms with E-state index >= 15 is 0 Å². The van der Waals surface area contributed by atoms with E-state index < -0.39 is 94.5 Å². The summed E-state index contributed by atoms with van der Waals surface area (Å²) in [7, 11) is -4.35. The average Bonchev–Trinajstić information content (AvgIpc) is 1.62. The van der Waals surface area contributed by atoms with Crippen LogP contribution in [-0.2, 0) is 78.4 Å². The van der Waals surface area contributed by atoms with Crippen LogP contribution in [0.5, 0.6) is 5.88 Å². The van der Waals surface area contributed by atoms with Crippen LogP contribution < -0.4 is 36.9 Å². The maximum Gasteiger partial charge on any atom is 0.697 e. The third-order valence-electron chi connectivity index (χ3n) is 17.9. The molecular weight excluding hydrogens is 1310 g/mol. The Labute approximate surface area is 567 Å². The second kappa shape index (κ2) is 35.1. The Morgan fingerprint density at radius 3 is 2.47 bits per heavy atom. The maximum atomic E-state index is 14.0. The Bertz CT molecular complexity index is 3680. The molecule has 14 atom stereocenters. The van der Waals surface area contributed by atoms with Gasteiger partial charge < -0.3 is 63.6 Å². The van der Waals surface area contributed by atoms with E-state index in [1.165, 1.54) is 61.4 Å². The third-order valence-corrected chi connectivity index (χ3v) is 19.6. The number of fused-ring (bicyclic) bond motifs is 5. The lowest BCUT2D eigenvalue weighted by molar-refractivity contribution is -0.132. The van der Waals surface area contributed by atoms with Crippen LogP contribution in [0, 0.1) is 35.5 Å². The standard InChI is InChI=1S/C65H84N12O19P2/c1-6-40-10-9-13-48-49(19-16-40)50(48)35-89-64(83)67-23-25-88-27-26-87-24-21-53(78)72-55(38(2)3)60(81)70-39(4)58(79)71-44-17-14-41(15-18-44)32-90-65(84)76(5)31-42-11-7-8-12-47(42)59(80)74-63-73-57-56(61(82)75-63)69-37-77(57)62-52-30-46(94-62)34-92-98(86)95-51-29-45(93-54-20-22-66-36-68-54)28-43(51)33-91-97(85)96-52/h6-8,11-12,14-15,17-18,20,22,36-40,43,45-46,48-52,55,62,97H,1,9-10,13,16,19,21,23-35H2,2-5H3,(H5-,67,70,71,72,73,74,75,78,79,80,81,82,83)/p+1/t39-,40?,43+,45+,46-,48+,49-,50+,51-,52+,55-,62+/m0/s1. The van der Waals surface area contributed by atoms with Crippen LogP contribution in [-0.4, -0.2) is 167 Å². The highest BCUT2D eigenvalue weighted by Gasteiger charge is 2.50. The summed E-state index contributed by atoms with van der Waals surface area (Å²) in [6.07, 6.45) is 8.03. The van der Waals surface area contributed by atoms with E-state index in [2.05, 4.69) is 64.2 Å². The summed E-state index contributed by atoms with van der Waals surface area (Å²) < 4.78 is 85.6. The average molecular weight is 1400 g/mol. The smallest absolute Gasteiger partial charge is 0.474 e. The fourth-order valence-electron chi connectivity index (χ4n) is 12.6. The van der Waals surface area contributed by atoms with E-state index in [0.29, 0.717) is 65.8 Å². The van der Waals surface area contributed by atoms with E-state index in [-0.39, 0.29) is 113 Å². The number of nitrogens with one attached hydrogen (secondary N) is 6. The summed E-state index contributed by atoms with van der Waals surface area (Å²) in [6, 6.07) is 12.7. The minimum absolute atomic E-state index is 0.0155. The summed E-state index contributed by atoms with van der Waals surface area (Å²) in [5.74, 6) is -0.427. The topological polar surface area (TPSA) is 382 Å². The lowest BCUT2D eigenvalue weighted by Gasteiger charge is -2.24. The third kappa shape index (κ3) is 20.3. The van der Waals surface area contributed by atoms with Gasteiger partial charge in [0.15, 0.2) is 17.4 Å². The molecule has 5 heterocycles. The van der Waals surface area contributed by atoms with Crippen LogP contribution in [0.3, 0.4) is 0 Å². The highest BCUT2D eigenvalue weighted by Crippen LogP contribution is 2.54. The lowest BCUT2D eigenvalue weighted by Crippen LogP contribution is -2.53. The van der Waals surface area contributed by atoms with Crippen molar-refractivity contribution in [3.8, 4) is 5.88 Å². The molecule has 6 N–H and O–H groups in total. The fraction of sp³-hybridized carbons (Fsp3) is 0.554. The Hall–Kier alpha value is -8.12. The van der Waals surface area contributed by atoms with Crippen molar-refractivity contribution in [2.45, 2.75) is 134 Å². The van der Waals surface area contributed by atoms with Gasteiger partial charge in [0, 0.05) is 73.4 Å². The molecule has 3 unspecified atom stereocenters. The van der Waals surface area contributed by atoms with Gasteiger partial charge >= 0.3 is 28.7 Å². The highest BCUT2D eigenvalue weighted by atomic mass is 31.1. The number of anilines is 2. The van der Waals surface area contributed by atoms with Gasteiger partial charge in [-0.3, -0.25) is 43.4 Å². The number of rotatable bonds is 27. The van der Waals surface area contributed by atoms with Crippen molar-refractivity contribution >= 4 is 75.1 Å². The number of H-pyrrole nitrogens is 1. The lowest BCUT2D eigenvalue weighted by atomic mass is 9.91. The molecule has 98 heavy (non-hydrogen) atoms. The van der Waals surface area contributed by atoms with Gasteiger partial charge in [-0.15, -0.1) is 15.6 Å². The van der Waals surface area contributed by atoms with Crippen molar-refractivity contribution in [1.29, 1.82) is 0 Å². The highest BCUT2D eigenvalue weighted by molar-refractivity contribution is 7.33. The molecule has 2 saturated heterocycles. The first-order chi connectivity index (χ1) is 47.3. The van der Waals surface area contributed by atoms with E-state index in [4.69, 9.17) is 46.5 Å². The molecule has 0 radical (unpaired) electrons. The molecule has 5 aromatic rings. The van der Waals surface area contributed by atoms with Crippen molar-refractivity contribution in [2.24, 2.45) is 35.5 Å². The first kappa shape index (κ1) is 72.6. The minimum atomic E-state index is -3.20. The molecule has 3 saturated carbocycles. The summed E-state index contributed by atoms with van der Waals surface area (Å²) in [4.78, 5) is 113. The number of ether oxygens (including phenoxy) is 6. The van der Waals surface area contributed by atoms with Crippen molar-refractivity contribution in [2.75, 3.05) is 70.5 Å². The SMILES string of the molecule is C=CC1CCC[C@@H]2[C@H](CC1)[C@@H]2COC(=O)NCCOCCOCCC(=O)N[C@H](C(=O)N[C@@H](C)C(=O)Nc1ccc(COC(=O)N(C)Cc2ccccc2C(=O)Nc2nc3c(ncn3[C@@H]3O[C@@H]4CO[P+](=O)O[C@H]5C[C@H](Oc6ccncn6)C[C@@H]5CO[PH](=O)O[C@@H]3C4)c(=O)[nH]2)cc1)C(C)C. The summed E-state index contributed by atoms with van der Waals surface area (Å²) in [5.41, 5.74) is 0.702. The Balaban J connectivity index is 0.623. The molecule has 6 amide bonds. The van der Waals surface area contributed by atoms with Crippen molar-refractivity contribution in [1.82, 2.24) is 50.3 Å². The predicted molar refractivity (Wildman–Crippen MR) is 352 cm³/mol. The maximum absolute atomic E-state index is 14.0. The van der Waals surface area contributed by atoms with Crippen molar-refractivity contribution < 1.29 is 84.4 Å². The number of allylic oxidation sites excluding steroid dienone is 1. The number of amides is 6. The number of alkyl carbamates (subject to hydrolysis) is 1. The van der Waals surface area contributed by atoms with E-state index in [9.17, 15) is 42.7 Å². The molecule has 3 aliphatic carbocycles. The molecule has 5 fully saturated rings. The first-order valence-electron chi connectivity index (χ1n) is 33.0. The fourth-order valence-corrected chi connectivity index (χ4v) is 14.3. The molecule has 2 aromatic carbocycles. The number of aromatic amines is 1. The number of nitrogens with zero attached hydrogens (tertiary/aromatic N) is 6. The number of imidazole rings is 1. The second-order valence-electron chi connectivity index (χ2n) is 25.2. The van der Waals surface area contributed by atoms with E-state index in [0.717, 1.165) is 12.8 Å². The van der Waals surface area contributed by atoms with Crippen LogP contribution in [0.4, 0.5) is 21.2 Å². The van der Waals surface area contributed by atoms with Gasteiger partial charge in [0.1, 0.15) is 49.9 Å². The van der Waals surface area contributed by atoms with Gasteiger partial charge in [0.2, 0.25) is 29.5 Å². The molecule has 0 spiro atoms. The largest absolute Gasteiger partial charge is 0.697 e. The van der Waals surface area contributed by atoms with Crippen LogP contribution in [0.25, 0.3) is 11.2 Å². The van der Waals surface area contributed by atoms with Gasteiger partial charge in [0.25, 0.3) is 11.5 Å². The minimum Gasteiger partial charge on any atom is -0.474 e. The predicted octanol–water partition coefficient (Wildman–Crippen LogP) is 7.30. The number of hydrogen-bond acceptors (Lipinski definition) is 23. The van der Waals surface area contributed by atoms with Crippen LogP contribution in [0.1, 0.15) is 106 Å². The number of hydrogen-bond donors (Lipinski definition) is 6. The molecule has 10 rings (SSSR count). The molecule has 5 aliphatic rings. The zero-order chi connectivity index (χ0) is 69.2. The van der Waals surface area contributed by atoms with E-state index in [1.54, 1.807) is 68.6 Å². The summed E-state index contributed by atoms with van der Waals surface area (Å²) in [5, 5.41) is 13.5. The molecular formula is C65H85N12O19P2+. The quantitative estimate of drug-likeness (QED) is 0.0170. The second-order valence-corrected chi connectivity index (χ2v) is 27.2. The van der Waals surface area contributed by atoms with Gasteiger partial charge in [-0.25, -0.2) is 24.5 Å². The Morgan fingerprint density at radius 1 is 0.888 bits per heavy atom. The summed E-state index contributed by atoms with van der Waals surface area (Å²) >= 11 is 0. The Kier molecular flexibility index (Phi) is 26.0. The van der Waals surface area contributed by atoms with Gasteiger partial charge in [-0.05, 0) is 97.9 Å². The molecule has 3 aromatic heterocycles. The van der Waals surface area contributed by atoms with Gasteiger partial charge in [0.05, 0.1) is 52.1 Å². The van der Waals surface area contributed by atoms with Crippen LogP contribution in [0.2, 0.25) is 0 Å². The molecule has 2 bridgehead atoms. The summed E-state index contributed by atoms with van der Waals surface area (Å²) in [6.45, 7) is 10.1. The van der Waals surface area contributed by atoms with Gasteiger partial charge in [-0.1, -0.05) is 56.7 Å². The first-order valence-corrected chi connectivity index (χ1v) is 35.3. The number of carbonyl (C=O) groups is 6. The molecule has 33 heteroatoms. The zero-order valence-corrected chi connectivity index (χ0v) is 56.9. The number of aromatic nitrogens is 6.